The highest BCUT2D eigenvalue weighted by Crippen LogP contribution is 2.17. The highest BCUT2D eigenvalue weighted by atomic mass is 16.5. The first-order valence-electron chi connectivity index (χ1n) is 6.71. The van der Waals surface area contributed by atoms with Gasteiger partial charge in [-0.3, -0.25) is 9.69 Å². The summed E-state index contributed by atoms with van der Waals surface area (Å²) >= 11 is 0. The van der Waals surface area contributed by atoms with Gasteiger partial charge in [-0.05, 0) is 33.1 Å². The summed E-state index contributed by atoms with van der Waals surface area (Å²) in [6, 6.07) is 0. The van der Waals surface area contributed by atoms with Crippen LogP contribution in [0.5, 0.6) is 0 Å². The molecule has 0 aromatic rings. The number of amides is 1. The van der Waals surface area contributed by atoms with E-state index in [1.165, 1.54) is 19.3 Å². The number of carbonyl (C=O) groups is 1. The van der Waals surface area contributed by atoms with E-state index in [4.69, 9.17) is 4.74 Å². The molecule has 4 heteroatoms. The zero-order valence-electron chi connectivity index (χ0n) is 11.1. The van der Waals surface area contributed by atoms with Crippen molar-refractivity contribution in [2.24, 2.45) is 0 Å². The van der Waals surface area contributed by atoms with E-state index < -0.39 is 0 Å². The van der Waals surface area contributed by atoms with Crippen LogP contribution in [0.4, 0.5) is 0 Å². The lowest BCUT2D eigenvalue weighted by atomic mass is 10.1. The third-order valence-electron chi connectivity index (χ3n) is 3.57. The second-order valence-electron chi connectivity index (χ2n) is 5.76. The molecule has 17 heavy (non-hydrogen) atoms. The molecule has 0 aliphatic carbocycles. The SMILES string of the molecule is CC1(C)CN(CC(=O)N2CCCCC2)CCO1. The molecule has 0 aromatic carbocycles. The molecule has 1 amide bonds. The average Bonchev–Trinajstić information content (AvgIpc) is 2.29. The molecule has 0 spiro atoms. The van der Waals surface area contributed by atoms with Gasteiger partial charge in [0.2, 0.25) is 5.91 Å². The van der Waals surface area contributed by atoms with Crippen LogP contribution in [0.1, 0.15) is 33.1 Å². The standard InChI is InChI=1S/C13H24N2O2/c1-13(2)11-14(8-9-17-13)10-12(16)15-6-4-3-5-7-15/h3-11H2,1-2H3. The van der Waals surface area contributed by atoms with Gasteiger partial charge in [-0.25, -0.2) is 0 Å². The fourth-order valence-electron chi connectivity index (χ4n) is 2.68. The first-order valence-corrected chi connectivity index (χ1v) is 6.71. The number of carbonyl (C=O) groups excluding carboxylic acids is 1. The topological polar surface area (TPSA) is 32.8 Å². The lowest BCUT2D eigenvalue weighted by molar-refractivity contribution is -0.137. The van der Waals surface area contributed by atoms with Gasteiger partial charge in [0, 0.05) is 26.2 Å². The van der Waals surface area contributed by atoms with Crippen molar-refractivity contribution in [3.05, 3.63) is 0 Å². The predicted molar refractivity (Wildman–Crippen MR) is 66.9 cm³/mol. The van der Waals surface area contributed by atoms with Crippen molar-refractivity contribution in [1.82, 2.24) is 9.80 Å². The third kappa shape index (κ3) is 3.68. The molecule has 0 saturated carbocycles. The average molecular weight is 240 g/mol. The Balaban J connectivity index is 1.81. The van der Waals surface area contributed by atoms with Crippen LogP contribution in [0.15, 0.2) is 0 Å². The highest BCUT2D eigenvalue weighted by molar-refractivity contribution is 5.78. The maximum Gasteiger partial charge on any atom is 0.236 e. The van der Waals surface area contributed by atoms with E-state index in [-0.39, 0.29) is 5.60 Å². The van der Waals surface area contributed by atoms with Gasteiger partial charge in [0.15, 0.2) is 0 Å². The van der Waals surface area contributed by atoms with Crippen molar-refractivity contribution in [2.75, 3.05) is 39.3 Å². The molecule has 2 aliphatic heterocycles. The molecule has 2 rings (SSSR count). The molecule has 2 fully saturated rings. The van der Waals surface area contributed by atoms with E-state index in [2.05, 4.69) is 18.7 Å². The summed E-state index contributed by atoms with van der Waals surface area (Å²) in [7, 11) is 0. The van der Waals surface area contributed by atoms with Gasteiger partial charge >= 0.3 is 0 Å². The smallest absolute Gasteiger partial charge is 0.236 e. The molecule has 0 unspecified atom stereocenters. The van der Waals surface area contributed by atoms with E-state index in [9.17, 15) is 4.79 Å². The monoisotopic (exact) mass is 240 g/mol. The Bertz CT molecular complexity index is 273. The Hall–Kier alpha value is -0.610. The third-order valence-corrected chi connectivity index (χ3v) is 3.57. The Morgan fingerprint density at radius 3 is 2.53 bits per heavy atom. The summed E-state index contributed by atoms with van der Waals surface area (Å²) in [4.78, 5) is 16.4. The van der Waals surface area contributed by atoms with Crippen LogP contribution in [0, 0.1) is 0 Å². The quantitative estimate of drug-likeness (QED) is 0.725. The van der Waals surface area contributed by atoms with Crippen LogP contribution >= 0.6 is 0 Å². The van der Waals surface area contributed by atoms with Crippen LogP contribution < -0.4 is 0 Å². The Kier molecular flexibility index (Phi) is 4.05. The van der Waals surface area contributed by atoms with Gasteiger partial charge in [0.05, 0.1) is 18.8 Å². The Morgan fingerprint density at radius 1 is 1.18 bits per heavy atom. The van der Waals surface area contributed by atoms with Gasteiger partial charge in [0.25, 0.3) is 0 Å². The molecule has 0 atom stereocenters. The lowest BCUT2D eigenvalue weighted by Gasteiger charge is -2.38. The minimum Gasteiger partial charge on any atom is -0.373 e. The number of piperidine rings is 1. The van der Waals surface area contributed by atoms with Crippen molar-refractivity contribution in [2.45, 2.75) is 38.7 Å². The van der Waals surface area contributed by atoms with E-state index in [1.807, 2.05) is 4.90 Å². The number of rotatable bonds is 2. The predicted octanol–water partition coefficient (Wildman–Crippen LogP) is 1.11. The summed E-state index contributed by atoms with van der Waals surface area (Å²) in [5.74, 6) is 0.294. The largest absolute Gasteiger partial charge is 0.373 e. The van der Waals surface area contributed by atoms with Crippen molar-refractivity contribution in [3.63, 3.8) is 0 Å². The number of hydrogen-bond donors (Lipinski definition) is 0. The van der Waals surface area contributed by atoms with Crippen LogP contribution in [0.3, 0.4) is 0 Å². The van der Waals surface area contributed by atoms with Gasteiger partial charge < -0.3 is 9.64 Å². The molecule has 0 aromatic heterocycles. The first-order chi connectivity index (χ1) is 8.07. The zero-order valence-corrected chi connectivity index (χ0v) is 11.1. The minimum atomic E-state index is -0.111. The van der Waals surface area contributed by atoms with Crippen LogP contribution in [-0.4, -0.2) is 60.6 Å². The molecule has 0 radical (unpaired) electrons. The van der Waals surface area contributed by atoms with Gasteiger partial charge in [-0.1, -0.05) is 0 Å². The molecule has 0 N–H and O–H groups in total. The molecule has 2 aliphatic rings. The van der Waals surface area contributed by atoms with Crippen molar-refractivity contribution < 1.29 is 9.53 Å². The normalized spacial score (nSPS) is 25.9. The van der Waals surface area contributed by atoms with Crippen molar-refractivity contribution in [1.29, 1.82) is 0 Å². The summed E-state index contributed by atoms with van der Waals surface area (Å²) in [5, 5.41) is 0. The zero-order chi connectivity index (χ0) is 12.3. The van der Waals surface area contributed by atoms with Gasteiger partial charge in [0.1, 0.15) is 0 Å². The first kappa shape index (κ1) is 12.8. The molecule has 4 nitrogen and oxygen atoms in total. The maximum atomic E-state index is 12.1. The van der Waals surface area contributed by atoms with Crippen molar-refractivity contribution >= 4 is 5.91 Å². The highest BCUT2D eigenvalue weighted by Gasteiger charge is 2.29. The molecular formula is C13H24N2O2. The van der Waals surface area contributed by atoms with Gasteiger partial charge in [-0.2, -0.15) is 0 Å². The van der Waals surface area contributed by atoms with Crippen LogP contribution in [0.2, 0.25) is 0 Å². The van der Waals surface area contributed by atoms with Crippen LogP contribution in [-0.2, 0) is 9.53 Å². The summed E-state index contributed by atoms with van der Waals surface area (Å²) in [6.07, 6.45) is 3.61. The molecule has 98 valence electrons. The maximum absolute atomic E-state index is 12.1. The fraction of sp³-hybridized carbons (Fsp3) is 0.923. The second-order valence-corrected chi connectivity index (χ2v) is 5.76. The fourth-order valence-corrected chi connectivity index (χ4v) is 2.68. The van der Waals surface area contributed by atoms with E-state index >= 15 is 0 Å². The van der Waals surface area contributed by atoms with E-state index in [1.54, 1.807) is 0 Å². The number of morpholine rings is 1. The molecular weight excluding hydrogens is 216 g/mol. The number of ether oxygens (including phenoxy) is 1. The lowest BCUT2D eigenvalue weighted by Crippen LogP contribution is -2.52. The van der Waals surface area contributed by atoms with E-state index in [0.717, 1.165) is 32.8 Å². The second kappa shape index (κ2) is 5.36. The molecule has 2 saturated heterocycles. The number of hydrogen-bond acceptors (Lipinski definition) is 3. The summed E-state index contributed by atoms with van der Waals surface area (Å²) < 4.78 is 5.66. The summed E-state index contributed by atoms with van der Waals surface area (Å²) in [6.45, 7) is 9.11. The number of likely N-dealkylation sites (tertiary alicyclic amines) is 1. The minimum absolute atomic E-state index is 0.111. The van der Waals surface area contributed by atoms with Crippen molar-refractivity contribution in [3.8, 4) is 0 Å². The summed E-state index contributed by atoms with van der Waals surface area (Å²) in [5.41, 5.74) is -0.111. The van der Waals surface area contributed by atoms with Crippen LogP contribution in [0.25, 0.3) is 0 Å². The Labute approximate surface area is 104 Å². The molecule has 2 heterocycles. The molecule has 0 bridgehead atoms. The van der Waals surface area contributed by atoms with Gasteiger partial charge in [-0.15, -0.1) is 0 Å². The van der Waals surface area contributed by atoms with E-state index in [0.29, 0.717) is 12.5 Å². The number of nitrogens with zero attached hydrogens (tertiary/aromatic N) is 2. The Morgan fingerprint density at radius 2 is 1.88 bits per heavy atom.